The summed E-state index contributed by atoms with van der Waals surface area (Å²) in [4.78, 5) is 35.5. The maximum absolute atomic E-state index is 15.3. The second-order valence-corrected chi connectivity index (χ2v) is 17.0. The Morgan fingerprint density at radius 2 is 1.63 bits per heavy atom. The number of rotatable bonds is 18. The third-order valence-electron chi connectivity index (χ3n) is 11.8. The number of unbranched alkanes of at least 4 members (excludes halogenated alkanes) is 2. The number of halogens is 3. The number of allylic oxidation sites excluding steroid dienone is 2. The van der Waals surface area contributed by atoms with E-state index in [2.05, 4.69) is 46.4 Å². The van der Waals surface area contributed by atoms with Crippen LogP contribution in [0.4, 0.5) is 13.2 Å². The molecule has 1 unspecified atom stereocenters. The average Bonchev–Trinajstić information content (AvgIpc) is 3.85. The van der Waals surface area contributed by atoms with Crippen molar-refractivity contribution in [2.24, 2.45) is 0 Å². The number of carbonyl (C=O) groups is 2. The molecule has 8 nitrogen and oxygen atoms in total. The Morgan fingerprint density at radius 3 is 2.34 bits per heavy atom. The van der Waals surface area contributed by atoms with Crippen LogP contribution < -0.4 is 9.47 Å². The molecule has 12 heteroatoms. The smallest absolute Gasteiger partial charge is 0.406 e. The van der Waals surface area contributed by atoms with Crippen molar-refractivity contribution in [3.05, 3.63) is 143 Å². The van der Waals surface area contributed by atoms with Crippen molar-refractivity contribution in [3.63, 3.8) is 0 Å². The van der Waals surface area contributed by atoms with Crippen LogP contribution in [0.25, 0.3) is 11.1 Å². The summed E-state index contributed by atoms with van der Waals surface area (Å²) in [7, 11) is 1.47. The topological polar surface area (TPSA) is 93.8 Å². The number of carbonyl (C=O) groups excluding carboxylic acids is 2. The molecule has 0 fully saturated rings. The number of H-pyrrole nitrogens is 1. The maximum atomic E-state index is 15.3. The number of hydrogen-bond acceptors (Lipinski definition) is 7. The highest BCUT2D eigenvalue weighted by atomic mass is 32.2. The molecule has 1 N–H and O–H groups in total. The largest absolute Gasteiger partial charge is 0.496 e. The molecule has 5 aromatic rings. The lowest BCUT2D eigenvalue weighted by molar-refractivity contribution is -0.165. The standard InChI is InChI=1S/C50H54F3N3O5S/c1-3-60-46(57)44-31-54-48(55-44)62-29-15-7-14-28-49(42-20-12-10-18-40(42)41-19-11-13-21-43(41)49)47(58)56(34-50(51,52)53)32-38-26-27-39(30-45(38)59-2)61-33-35-22-24-37(25-23-35)36-16-8-5-4-6-9-17-36/h4-5,10-13,18-27,30-31,36H,3,6-9,14-17,28-29,32-34H2,1-2H3,(H,54,55)/b5-4-. The zero-order valence-electron chi connectivity index (χ0n) is 35.3. The van der Waals surface area contributed by atoms with E-state index in [1.54, 1.807) is 25.1 Å². The molecule has 326 valence electrons. The van der Waals surface area contributed by atoms with Gasteiger partial charge in [0.2, 0.25) is 5.91 Å². The molecule has 2 aliphatic carbocycles. The van der Waals surface area contributed by atoms with Crippen LogP contribution >= 0.6 is 11.8 Å². The summed E-state index contributed by atoms with van der Waals surface area (Å²) in [6, 6.07) is 28.8. The van der Waals surface area contributed by atoms with Crippen molar-refractivity contribution in [1.29, 1.82) is 0 Å². The minimum absolute atomic E-state index is 0.263. The van der Waals surface area contributed by atoms with Crippen molar-refractivity contribution < 1.29 is 37.0 Å². The summed E-state index contributed by atoms with van der Waals surface area (Å²) in [6.07, 6.45) is 9.45. The molecule has 1 amide bonds. The molecule has 0 bridgehead atoms. The van der Waals surface area contributed by atoms with E-state index in [1.165, 1.54) is 43.5 Å². The van der Waals surface area contributed by atoms with Gasteiger partial charge >= 0.3 is 12.1 Å². The highest BCUT2D eigenvalue weighted by molar-refractivity contribution is 7.99. The molecule has 1 heterocycles. The van der Waals surface area contributed by atoms with Crippen LogP contribution in [-0.2, 0) is 28.1 Å². The third kappa shape index (κ3) is 10.6. The molecule has 7 rings (SSSR count). The molecule has 1 atom stereocenters. The Kier molecular flexibility index (Phi) is 14.8. The van der Waals surface area contributed by atoms with Gasteiger partial charge in [0.05, 0.1) is 19.9 Å². The number of thioether (sulfide) groups is 1. The number of hydrogen-bond donors (Lipinski definition) is 1. The molecule has 0 saturated heterocycles. The van der Waals surface area contributed by atoms with E-state index in [4.69, 9.17) is 14.2 Å². The average molecular weight is 866 g/mol. The van der Waals surface area contributed by atoms with Crippen LogP contribution in [0.15, 0.2) is 115 Å². The fraction of sp³-hybridized carbons (Fsp3) is 0.380. The van der Waals surface area contributed by atoms with E-state index in [0.717, 1.165) is 53.7 Å². The van der Waals surface area contributed by atoms with Crippen molar-refractivity contribution >= 4 is 23.6 Å². The number of nitrogens with one attached hydrogen (secondary N) is 1. The third-order valence-corrected chi connectivity index (χ3v) is 12.8. The lowest BCUT2D eigenvalue weighted by Gasteiger charge is -2.37. The Morgan fingerprint density at radius 1 is 0.903 bits per heavy atom. The van der Waals surface area contributed by atoms with Crippen LogP contribution in [-0.4, -0.2) is 58.9 Å². The normalized spacial score (nSPS) is 16.0. The number of esters is 1. The zero-order chi connectivity index (χ0) is 43.5. The van der Waals surface area contributed by atoms with E-state index in [0.29, 0.717) is 64.5 Å². The first-order valence-electron chi connectivity index (χ1n) is 21.5. The van der Waals surface area contributed by atoms with Crippen LogP contribution in [0.5, 0.6) is 11.5 Å². The van der Waals surface area contributed by atoms with Gasteiger partial charge in [-0.3, -0.25) is 4.79 Å². The summed E-state index contributed by atoms with van der Waals surface area (Å²) < 4.78 is 60.7. The maximum Gasteiger partial charge on any atom is 0.406 e. The van der Waals surface area contributed by atoms with Gasteiger partial charge in [0, 0.05) is 23.9 Å². The Bertz CT molecular complexity index is 2280. The quantitative estimate of drug-likeness (QED) is 0.0406. The fourth-order valence-corrected chi connectivity index (χ4v) is 9.69. The van der Waals surface area contributed by atoms with Gasteiger partial charge in [0.15, 0.2) is 5.16 Å². The van der Waals surface area contributed by atoms with Crippen LogP contribution in [0, 0.1) is 0 Å². The zero-order valence-corrected chi connectivity index (χ0v) is 36.2. The van der Waals surface area contributed by atoms with Gasteiger partial charge in [-0.1, -0.05) is 110 Å². The van der Waals surface area contributed by atoms with E-state index < -0.39 is 30.0 Å². The van der Waals surface area contributed by atoms with Gasteiger partial charge in [0.25, 0.3) is 0 Å². The molecule has 1 aromatic heterocycles. The predicted molar refractivity (Wildman–Crippen MR) is 237 cm³/mol. The first-order chi connectivity index (χ1) is 30.1. The summed E-state index contributed by atoms with van der Waals surface area (Å²) in [6.45, 7) is 0.565. The van der Waals surface area contributed by atoms with Crippen molar-refractivity contribution in [1.82, 2.24) is 14.9 Å². The van der Waals surface area contributed by atoms with E-state index >= 15 is 4.79 Å². The number of aromatic amines is 1. The molecule has 0 aliphatic heterocycles. The molecule has 0 spiro atoms. The molecule has 0 radical (unpaired) electrons. The van der Waals surface area contributed by atoms with Gasteiger partial charge < -0.3 is 24.1 Å². The van der Waals surface area contributed by atoms with E-state index in [-0.39, 0.29) is 18.8 Å². The predicted octanol–water partition coefficient (Wildman–Crippen LogP) is 12.0. The van der Waals surface area contributed by atoms with Gasteiger partial charge in [0.1, 0.15) is 35.8 Å². The SMILES string of the molecule is CCOC(=O)c1cnc(SCCCCCC2(C(=O)N(Cc3ccc(OCc4ccc(C5CC/C=C\CCC5)cc4)cc3OC)CC(F)(F)F)c3ccccc3-c3ccccc32)[nH]1. The highest BCUT2D eigenvalue weighted by Crippen LogP contribution is 2.53. The number of methoxy groups -OCH3 is 1. The highest BCUT2D eigenvalue weighted by Gasteiger charge is 2.51. The van der Waals surface area contributed by atoms with Crippen LogP contribution in [0.2, 0.25) is 0 Å². The number of alkyl halides is 3. The summed E-state index contributed by atoms with van der Waals surface area (Å²) in [5, 5.41) is 0.597. The minimum Gasteiger partial charge on any atom is -0.496 e. The minimum atomic E-state index is -4.66. The first-order valence-corrected chi connectivity index (χ1v) is 22.5. The summed E-state index contributed by atoms with van der Waals surface area (Å²) in [5.41, 5.74) is 4.83. The lowest BCUT2D eigenvalue weighted by atomic mass is 9.72. The molecule has 2 aliphatic rings. The number of imidazole rings is 1. The summed E-state index contributed by atoms with van der Waals surface area (Å²) >= 11 is 1.47. The first kappa shape index (κ1) is 44.6. The van der Waals surface area contributed by atoms with E-state index in [9.17, 15) is 18.0 Å². The second-order valence-electron chi connectivity index (χ2n) is 15.9. The fourth-order valence-electron chi connectivity index (χ4n) is 8.84. The molecule has 4 aromatic carbocycles. The van der Waals surface area contributed by atoms with Crippen LogP contribution in [0.3, 0.4) is 0 Å². The summed E-state index contributed by atoms with van der Waals surface area (Å²) in [5.74, 6) is 1.01. The monoisotopic (exact) mass is 865 g/mol. The Labute approximate surface area is 366 Å². The molecule has 62 heavy (non-hydrogen) atoms. The number of ether oxygens (including phenoxy) is 3. The van der Waals surface area contributed by atoms with Gasteiger partial charge in [-0.25, -0.2) is 9.78 Å². The van der Waals surface area contributed by atoms with Crippen molar-refractivity contribution in [2.45, 2.75) is 101 Å². The Balaban J connectivity index is 1.08. The Hall–Kier alpha value is -5.49. The van der Waals surface area contributed by atoms with Gasteiger partial charge in [-0.15, -0.1) is 0 Å². The van der Waals surface area contributed by atoms with E-state index in [1.807, 2.05) is 48.5 Å². The van der Waals surface area contributed by atoms with Gasteiger partial charge in [-0.05, 0) is 103 Å². The molecule has 0 saturated carbocycles. The van der Waals surface area contributed by atoms with Crippen molar-refractivity contribution in [3.8, 4) is 22.6 Å². The number of nitrogens with zero attached hydrogens (tertiary/aromatic N) is 2. The number of benzene rings is 4. The molecular weight excluding hydrogens is 812 g/mol. The van der Waals surface area contributed by atoms with Gasteiger partial charge in [-0.2, -0.15) is 13.2 Å². The second kappa shape index (κ2) is 20.6. The van der Waals surface area contributed by atoms with Crippen LogP contribution in [0.1, 0.15) is 109 Å². The van der Waals surface area contributed by atoms with Crippen molar-refractivity contribution in [2.75, 3.05) is 26.0 Å². The molecular formula is C50H54F3N3O5S. The lowest BCUT2D eigenvalue weighted by Crippen LogP contribution is -2.49. The number of aromatic nitrogens is 2. The number of fused-ring (bicyclic) bond motifs is 3. The number of amides is 1.